The normalized spacial score (nSPS) is 12.4. The Labute approximate surface area is 151 Å². The number of nitrogens with zero attached hydrogens (tertiary/aromatic N) is 1. The predicted octanol–water partition coefficient (Wildman–Crippen LogP) is 2.63. The molecule has 0 fully saturated rings. The molecule has 26 heavy (non-hydrogen) atoms. The van der Waals surface area contributed by atoms with E-state index in [-0.39, 0.29) is 10.6 Å². The SMILES string of the molecule is Cc1cc(S(=O)(=O)N(C)C)cc(NS(=O)(=O)c2ccc(F)c(F)c2)c1C. The van der Waals surface area contributed by atoms with Gasteiger partial charge in [0.2, 0.25) is 10.0 Å². The first-order chi connectivity index (χ1) is 11.9. The molecule has 0 bridgehead atoms. The summed E-state index contributed by atoms with van der Waals surface area (Å²) in [4.78, 5) is -0.567. The first kappa shape index (κ1) is 20.3. The quantitative estimate of drug-likeness (QED) is 0.830. The number of benzene rings is 2. The molecule has 0 unspecified atom stereocenters. The summed E-state index contributed by atoms with van der Waals surface area (Å²) < 4.78 is 79.2. The van der Waals surface area contributed by atoms with Gasteiger partial charge in [-0.15, -0.1) is 0 Å². The van der Waals surface area contributed by atoms with Crippen molar-refractivity contribution >= 4 is 25.7 Å². The summed E-state index contributed by atoms with van der Waals surface area (Å²) in [6.07, 6.45) is 0. The molecule has 0 amide bonds. The monoisotopic (exact) mass is 404 g/mol. The lowest BCUT2D eigenvalue weighted by molar-refractivity contribution is 0.504. The number of nitrogens with one attached hydrogen (secondary N) is 1. The molecule has 0 aliphatic carbocycles. The summed E-state index contributed by atoms with van der Waals surface area (Å²) in [6.45, 7) is 3.25. The van der Waals surface area contributed by atoms with Crippen molar-refractivity contribution in [3.8, 4) is 0 Å². The van der Waals surface area contributed by atoms with Gasteiger partial charge < -0.3 is 0 Å². The molecule has 6 nitrogen and oxygen atoms in total. The molecule has 0 aliphatic rings. The zero-order chi connectivity index (χ0) is 19.9. The number of rotatable bonds is 5. The fourth-order valence-corrected chi connectivity index (χ4v) is 4.28. The van der Waals surface area contributed by atoms with Crippen LogP contribution in [0.1, 0.15) is 11.1 Å². The highest BCUT2D eigenvalue weighted by atomic mass is 32.2. The summed E-state index contributed by atoms with van der Waals surface area (Å²) in [5.74, 6) is -2.47. The van der Waals surface area contributed by atoms with Crippen molar-refractivity contribution in [1.29, 1.82) is 0 Å². The van der Waals surface area contributed by atoms with Crippen LogP contribution in [0.5, 0.6) is 0 Å². The summed E-state index contributed by atoms with van der Waals surface area (Å²) in [5, 5.41) is 0. The van der Waals surface area contributed by atoms with Gasteiger partial charge in [0.05, 0.1) is 15.5 Å². The summed E-state index contributed by atoms with van der Waals surface area (Å²) in [6, 6.07) is 4.80. The van der Waals surface area contributed by atoms with E-state index in [0.29, 0.717) is 23.3 Å². The zero-order valence-corrected chi connectivity index (χ0v) is 16.2. The second-order valence-corrected chi connectivity index (χ2v) is 9.72. The van der Waals surface area contributed by atoms with Crippen LogP contribution in [0.2, 0.25) is 0 Å². The Morgan fingerprint density at radius 1 is 0.885 bits per heavy atom. The number of halogens is 2. The number of sulfonamides is 2. The van der Waals surface area contributed by atoms with E-state index in [9.17, 15) is 25.6 Å². The van der Waals surface area contributed by atoms with Gasteiger partial charge in [0.1, 0.15) is 0 Å². The maximum Gasteiger partial charge on any atom is 0.262 e. The maximum absolute atomic E-state index is 13.3. The molecule has 2 aromatic carbocycles. The molecule has 2 rings (SSSR count). The van der Waals surface area contributed by atoms with Crippen LogP contribution in [0.4, 0.5) is 14.5 Å². The van der Waals surface area contributed by atoms with E-state index in [1.807, 2.05) is 0 Å². The van der Waals surface area contributed by atoms with Crippen LogP contribution < -0.4 is 4.72 Å². The van der Waals surface area contributed by atoms with Crippen LogP contribution in [0.3, 0.4) is 0 Å². The van der Waals surface area contributed by atoms with Gasteiger partial charge in [0.25, 0.3) is 10.0 Å². The van der Waals surface area contributed by atoms with Crippen molar-refractivity contribution < 1.29 is 25.6 Å². The molecule has 0 saturated heterocycles. The van der Waals surface area contributed by atoms with E-state index < -0.39 is 36.6 Å². The van der Waals surface area contributed by atoms with E-state index in [1.54, 1.807) is 13.8 Å². The molecule has 0 aromatic heterocycles. The van der Waals surface area contributed by atoms with Crippen molar-refractivity contribution in [2.45, 2.75) is 23.6 Å². The van der Waals surface area contributed by atoms with Crippen molar-refractivity contribution in [2.24, 2.45) is 0 Å². The predicted molar refractivity (Wildman–Crippen MR) is 94.0 cm³/mol. The molecule has 1 N–H and O–H groups in total. The molecular weight excluding hydrogens is 386 g/mol. The Balaban J connectivity index is 2.55. The van der Waals surface area contributed by atoms with Crippen LogP contribution in [-0.4, -0.2) is 35.2 Å². The summed E-state index contributed by atoms with van der Waals surface area (Å²) in [5.41, 5.74) is 1.10. The van der Waals surface area contributed by atoms with Crippen LogP contribution in [0.25, 0.3) is 0 Å². The van der Waals surface area contributed by atoms with Crippen LogP contribution in [0, 0.1) is 25.5 Å². The van der Waals surface area contributed by atoms with Gasteiger partial charge in [-0.2, -0.15) is 0 Å². The molecule has 142 valence electrons. The fraction of sp³-hybridized carbons (Fsp3) is 0.250. The van der Waals surface area contributed by atoms with E-state index in [0.717, 1.165) is 10.4 Å². The van der Waals surface area contributed by atoms with E-state index in [1.165, 1.54) is 26.2 Å². The first-order valence-electron chi connectivity index (χ1n) is 7.38. The van der Waals surface area contributed by atoms with Gasteiger partial charge in [0.15, 0.2) is 11.6 Å². The summed E-state index contributed by atoms with van der Waals surface area (Å²) >= 11 is 0. The van der Waals surface area contributed by atoms with Gasteiger partial charge >= 0.3 is 0 Å². The van der Waals surface area contributed by atoms with Crippen LogP contribution in [0.15, 0.2) is 40.1 Å². The highest BCUT2D eigenvalue weighted by Crippen LogP contribution is 2.27. The third-order valence-corrected chi connectivity index (χ3v) is 7.02. The standard InChI is InChI=1S/C16H18F2N2O4S2/c1-10-7-13(26(23,24)20(3)4)9-16(11(10)2)19-25(21,22)12-5-6-14(17)15(18)8-12/h5-9,19H,1-4H3. The minimum absolute atomic E-state index is 0.0372. The van der Waals surface area contributed by atoms with Gasteiger partial charge in [-0.1, -0.05) is 0 Å². The third-order valence-electron chi connectivity index (χ3n) is 3.87. The second-order valence-electron chi connectivity index (χ2n) is 5.88. The largest absolute Gasteiger partial charge is 0.279 e. The Kier molecular flexibility index (Phi) is 5.41. The molecule has 0 heterocycles. The van der Waals surface area contributed by atoms with Gasteiger partial charge in [-0.05, 0) is 55.3 Å². The molecule has 10 heteroatoms. The number of anilines is 1. The average molecular weight is 404 g/mol. The minimum Gasteiger partial charge on any atom is -0.279 e. The second kappa shape index (κ2) is 6.93. The topological polar surface area (TPSA) is 83.6 Å². The van der Waals surface area contributed by atoms with Crippen molar-refractivity contribution in [1.82, 2.24) is 4.31 Å². The van der Waals surface area contributed by atoms with E-state index in [4.69, 9.17) is 0 Å². The van der Waals surface area contributed by atoms with Crippen molar-refractivity contribution in [3.63, 3.8) is 0 Å². The molecule has 0 radical (unpaired) electrons. The van der Waals surface area contributed by atoms with Crippen molar-refractivity contribution in [2.75, 3.05) is 18.8 Å². The lowest BCUT2D eigenvalue weighted by Gasteiger charge is -2.17. The number of aryl methyl sites for hydroxylation is 1. The van der Waals surface area contributed by atoms with E-state index in [2.05, 4.69) is 4.72 Å². The molecule has 0 saturated carbocycles. The van der Waals surface area contributed by atoms with Gasteiger partial charge in [-0.3, -0.25) is 4.72 Å². The lowest BCUT2D eigenvalue weighted by Crippen LogP contribution is -2.23. The molecule has 2 aromatic rings. The van der Waals surface area contributed by atoms with Crippen LogP contribution in [-0.2, 0) is 20.0 Å². The fourth-order valence-electron chi connectivity index (χ4n) is 2.14. The highest BCUT2D eigenvalue weighted by Gasteiger charge is 2.22. The molecular formula is C16H18F2N2O4S2. The Morgan fingerprint density at radius 2 is 1.50 bits per heavy atom. The number of hydrogen-bond acceptors (Lipinski definition) is 4. The Morgan fingerprint density at radius 3 is 2.04 bits per heavy atom. The highest BCUT2D eigenvalue weighted by molar-refractivity contribution is 7.92. The van der Waals surface area contributed by atoms with Gasteiger partial charge in [-0.25, -0.2) is 29.9 Å². The number of hydrogen-bond donors (Lipinski definition) is 1. The maximum atomic E-state index is 13.3. The minimum atomic E-state index is -4.24. The first-order valence-corrected chi connectivity index (χ1v) is 10.3. The lowest BCUT2D eigenvalue weighted by atomic mass is 10.1. The van der Waals surface area contributed by atoms with Gasteiger partial charge in [0, 0.05) is 14.1 Å². The Hall–Kier alpha value is -2.04. The summed E-state index contributed by atoms with van der Waals surface area (Å²) in [7, 11) is -5.31. The van der Waals surface area contributed by atoms with E-state index >= 15 is 0 Å². The average Bonchev–Trinajstić information content (AvgIpc) is 2.53. The Bertz CT molecular complexity index is 1070. The van der Waals surface area contributed by atoms with Crippen LogP contribution >= 0.6 is 0 Å². The molecule has 0 spiro atoms. The van der Waals surface area contributed by atoms with Crippen molar-refractivity contribution in [3.05, 3.63) is 53.1 Å². The molecule has 0 atom stereocenters. The smallest absolute Gasteiger partial charge is 0.262 e. The third kappa shape index (κ3) is 3.87. The molecule has 0 aliphatic heterocycles. The zero-order valence-electron chi connectivity index (χ0n) is 14.5.